The molecule has 0 aliphatic heterocycles. The molecule has 11 heteroatoms. The van der Waals surface area contributed by atoms with Crippen LogP contribution in [0.25, 0.3) is 0 Å². The van der Waals surface area contributed by atoms with E-state index in [4.69, 9.17) is 4.74 Å². The highest BCUT2D eigenvalue weighted by Gasteiger charge is 2.16. The van der Waals surface area contributed by atoms with Crippen molar-refractivity contribution in [2.45, 2.75) is 20.3 Å². The molecule has 11 nitrogen and oxygen atoms in total. The SMILES string of the molecule is CCOC(=O)C/C(C)=N/NC(=O)C(=O)NNc1ccccc1[N+](=O)[O-]. The lowest BCUT2D eigenvalue weighted by atomic mass is 10.3. The number of hydrogen-bond donors (Lipinski definition) is 3. The summed E-state index contributed by atoms with van der Waals surface area (Å²) in [5.41, 5.74) is 6.24. The van der Waals surface area contributed by atoms with E-state index in [1.54, 1.807) is 6.92 Å². The summed E-state index contributed by atoms with van der Waals surface area (Å²) >= 11 is 0. The molecule has 2 amide bonds. The van der Waals surface area contributed by atoms with Crippen molar-refractivity contribution in [3.8, 4) is 0 Å². The maximum atomic E-state index is 11.6. The number of amides is 2. The smallest absolute Gasteiger partial charge is 0.331 e. The first kappa shape index (κ1) is 19.5. The minimum atomic E-state index is -1.12. The maximum Gasteiger partial charge on any atom is 0.331 e. The van der Waals surface area contributed by atoms with Crippen LogP contribution in [0.3, 0.4) is 0 Å². The van der Waals surface area contributed by atoms with Crippen molar-refractivity contribution in [2.24, 2.45) is 5.10 Å². The minimum Gasteiger partial charge on any atom is -0.466 e. The lowest BCUT2D eigenvalue weighted by Gasteiger charge is -2.08. The number of nitro groups is 1. The Balaban J connectivity index is 2.54. The van der Waals surface area contributed by atoms with Gasteiger partial charge in [0.15, 0.2) is 0 Å². The van der Waals surface area contributed by atoms with Crippen molar-refractivity contribution in [1.29, 1.82) is 0 Å². The van der Waals surface area contributed by atoms with Gasteiger partial charge in [0, 0.05) is 11.8 Å². The van der Waals surface area contributed by atoms with Crippen LogP contribution in [0.15, 0.2) is 29.4 Å². The van der Waals surface area contributed by atoms with Gasteiger partial charge in [0.1, 0.15) is 5.69 Å². The summed E-state index contributed by atoms with van der Waals surface area (Å²) in [6.45, 7) is 3.35. The number of carbonyl (C=O) groups is 3. The molecule has 0 aliphatic rings. The van der Waals surface area contributed by atoms with Crippen molar-refractivity contribution in [3.05, 3.63) is 34.4 Å². The predicted octanol–water partition coefficient (Wildman–Crippen LogP) is 0.483. The van der Waals surface area contributed by atoms with E-state index in [1.807, 2.05) is 10.9 Å². The molecule has 0 atom stereocenters. The van der Waals surface area contributed by atoms with Crippen molar-refractivity contribution in [2.75, 3.05) is 12.0 Å². The molecule has 0 spiro atoms. The van der Waals surface area contributed by atoms with Crippen molar-refractivity contribution < 1.29 is 24.0 Å². The Hall–Kier alpha value is -3.50. The highest BCUT2D eigenvalue weighted by atomic mass is 16.6. The quantitative estimate of drug-likeness (QED) is 0.212. The van der Waals surface area contributed by atoms with Crippen LogP contribution >= 0.6 is 0 Å². The van der Waals surface area contributed by atoms with Gasteiger partial charge in [-0.2, -0.15) is 5.10 Å². The highest BCUT2D eigenvalue weighted by Crippen LogP contribution is 2.21. The molecule has 3 N–H and O–H groups in total. The number of esters is 1. The van der Waals surface area contributed by atoms with Crippen LogP contribution in [0, 0.1) is 10.1 Å². The zero-order valence-corrected chi connectivity index (χ0v) is 13.6. The van der Waals surface area contributed by atoms with E-state index < -0.39 is 22.7 Å². The summed E-state index contributed by atoms with van der Waals surface area (Å²) in [6.07, 6.45) is -0.135. The monoisotopic (exact) mass is 351 g/mol. The number of nitrogens with zero attached hydrogens (tertiary/aromatic N) is 2. The van der Waals surface area contributed by atoms with Crippen molar-refractivity contribution in [3.63, 3.8) is 0 Å². The maximum absolute atomic E-state index is 11.6. The lowest BCUT2D eigenvalue weighted by Crippen LogP contribution is -2.41. The van der Waals surface area contributed by atoms with E-state index in [2.05, 4.69) is 10.5 Å². The summed E-state index contributed by atoms with van der Waals surface area (Å²) < 4.78 is 4.71. The number of nitro benzene ring substituents is 1. The molecule has 0 aromatic heterocycles. The number of anilines is 1. The van der Waals surface area contributed by atoms with Gasteiger partial charge in [-0.3, -0.25) is 35.3 Å². The molecule has 0 aliphatic carbocycles. The Kier molecular flexibility index (Phi) is 7.50. The third kappa shape index (κ3) is 6.64. The first-order valence-electron chi connectivity index (χ1n) is 7.13. The number of hydrogen-bond acceptors (Lipinski definition) is 8. The molecule has 134 valence electrons. The zero-order valence-electron chi connectivity index (χ0n) is 13.6. The summed E-state index contributed by atoms with van der Waals surface area (Å²) in [6, 6.07) is 5.57. The highest BCUT2D eigenvalue weighted by molar-refractivity contribution is 6.35. The second kappa shape index (κ2) is 9.60. The third-order valence-electron chi connectivity index (χ3n) is 2.67. The Labute approximate surface area is 142 Å². The molecule has 1 rings (SSSR count). The number of para-hydroxylation sites is 2. The number of nitrogens with one attached hydrogen (secondary N) is 3. The van der Waals surface area contributed by atoms with Crippen LogP contribution in [0.5, 0.6) is 0 Å². The number of carbonyl (C=O) groups excluding carboxylic acids is 3. The average Bonchev–Trinajstić information content (AvgIpc) is 2.57. The molecular formula is C14H17N5O6. The molecule has 0 radical (unpaired) electrons. The molecule has 0 saturated heterocycles. The van der Waals surface area contributed by atoms with E-state index in [9.17, 15) is 24.5 Å². The summed E-state index contributed by atoms with van der Waals surface area (Å²) in [5, 5.41) is 14.4. The minimum absolute atomic E-state index is 0.00985. The van der Waals surface area contributed by atoms with Gasteiger partial charge in [-0.15, -0.1) is 0 Å². The second-order valence-corrected chi connectivity index (χ2v) is 4.62. The topological polar surface area (TPSA) is 152 Å². The molecule has 1 aromatic carbocycles. The normalized spacial score (nSPS) is 10.6. The Morgan fingerprint density at radius 3 is 2.56 bits per heavy atom. The molecule has 1 aromatic rings. The van der Waals surface area contributed by atoms with Gasteiger partial charge >= 0.3 is 17.8 Å². The molecule has 0 unspecified atom stereocenters. The Morgan fingerprint density at radius 1 is 1.24 bits per heavy atom. The summed E-state index contributed by atoms with van der Waals surface area (Å²) in [7, 11) is 0. The largest absolute Gasteiger partial charge is 0.466 e. The Morgan fingerprint density at radius 2 is 1.92 bits per heavy atom. The molecule has 0 saturated carbocycles. The van der Waals surface area contributed by atoms with Crippen LogP contribution < -0.4 is 16.3 Å². The average molecular weight is 351 g/mol. The lowest BCUT2D eigenvalue weighted by molar-refractivity contribution is -0.384. The van der Waals surface area contributed by atoms with Crippen LogP contribution in [0.4, 0.5) is 11.4 Å². The van der Waals surface area contributed by atoms with Gasteiger partial charge in [-0.25, -0.2) is 5.43 Å². The Bertz CT molecular complexity index is 703. The van der Waals surface area contributed by atoms with Gasteiger partial charge < -0.3 is 4.74 Å². The zero-order chi connectivity index (χ0) is 18.8. The predicted molar refractivity (Wildman–Crippen MR) is 87.4 cm³/mol. The first-order chi connectivity index (χ1) is 11.8. The number of rotatable bonds is 7. The molecular weight excluding hydrogens is 334 g/mol. The van der Waals surface area contributed by atoms with Crippen molar-refractivity contribution in [1.82, 2.24) is 10.9 Å². The van der Waals surface area contributed by atoms with Gasteiger partial charge in [0.2, 0.25) is 0 Å². The number of ether oxygens (including phenoxy) is 1. The van der Waals surface area contributed by atoms with Crippen LogP contribution in [0.2, 0.25) is 0 Å². The van der Waals surface area contributed by atoms with E-state index in [0.29, 0.717) is 0 Å². The van der Waals surface area contributed by atoms with Gasteiger partial charge in [0.25, 0.3) is 5.69 Å². The molecule has 0 bridgehead atoms. The van der Waals surface area contributed by atoms with Gasteiger partial charge in [0.05, 0.1) is 18.0 Å². The first-order valence-corrected chi connectivity index (χ1v) is 7.13. The van der Waals surface area contributed by atoms with E-state index in [0.717, 1.165) is 0 Å². The van der Waals surface area contributed by atoms with E-state index >= 15 is 0 Å². The van der Waals surface area contributed by atoms with E-state index in [1.165, 1.54) is 31.2 Å². The third-order valence-corrected chi connectivity index (χ3v) is 2.67. The van der Waals surface area contributed by atoms with Crippen LogP contribution in [0.1, 0.15) is 20.3 Å². The van der Waals surface area contributed by atoms with Gasteiger partial charge in [-0.05, 0) is 19.9 Å². The number of benzene rings is 1. The molecule has 25 heavy (non-hydrogen) atoms. The van der Waals surface area contributed by atoms with Gasteiger partial charge in [-0.1, -0.05) is 12.1 Å². The van der Waals surface area contributed by atoms with Crippen LogP contribution in [-0.4, -0.2) is 35.0 Å². The number of hydrazone groups is 1. The summed E-state index contributed by atoms with van der Waals surface area (Å²) in [5.74, 6) is -2.75. The summed E-state index contributed by atoms with van der Waals surface area (Å²) in [4.78, 5) is 44.6. The number of hydrazine groups is 1. The fourth-order valence-corrected chi connectivity index (χ4v) is 1.58. The van der Waals surface area contributed by atoms with Crippen molar-refractivity contribution >= 4 is 34.9 Å². The second-order valence-electron chi connectivity index (χ2n) is 4.62. The molecule has 0 heterocycles. The molecule has 0 fully saturated rings. The fraction of sp³-hybridized carbons (Fsp3) is 0.286. The van der Waals surface area contributed by atoms with E-state index in [-0.39, 0.29) is 30.1 Å². The van der Waals surface area contributed by atoms with Crippen LogP contribution in [-0.2, 0) is 19.1 Å². The fourth-order valence-electron chi connectivity index (χ4n) is 1.58. The standard InChI is InChI=1S/C14H17N5O6/c1-3-25-12(20)8-9(2)15-17-13(21)14(22)18-16-10-6-4-5-7-11(10)19(23)24/h4-7,16H,3,8H2,1-2H3,(H,17,21)(H,18,22)/b15-9+.